The molecule has 0 aromatic heterocycles. The highest BCUT2D eigenvalue weighted by atomic mass is 16.5. The van der Waals surface area contributed by atoms with E-state index < -0.39 is 12.0 Å². The second-order valence-electron chi connectivity index (χ2n) is 9.67. The summed E-state index contributed by atoms with van der Waals surface area (Å²) in [6.45, 7) is 0.733. The van der Waals surface area contributed by atoms with Gasteiger partial charge in [-0.25, -0.2) is 4.79 Å². The second kappa shape index (κ2) is 12.9. The first-order valence-corrected chi connectivity index (χ1v) is 13.0. The molecule has 1 aliphatic carbocycles. The van der Waals surface area contributed by atoms with Crippen molar-refractivity contribution in [3.05, 3.63) is 101 Å². The van der Waals surface area contributed by atoms with Crippen LogP contribution in [0.5, 0.6) is 5.75 Å². The maximum atomic E-state index is 13.1. The summed E-state index contributed by atoms with van der Waals surface area (Å²) >= 11 is 0. The van der Waals surface area contributed by atoms with Crippen molar-refractivity contribution >= 4 is 11.9 Å². The SMILES string of the molecule is O=C(N[C@@H](Cc1ccc(OCC2CCCCC2)cc1)C(=O)O)c1ccccc1CCc1ccccc1. The second-order valence-corrected chi connectivity index (χ2v) is 9.67. The van der Waals surface area contributed by atoms with Gasteiger partial charge in [0.1, 0.15) is 11.8 Å². The summed E-state index contributed by atoms with van der Waals surface area (Å²) in [5.74, 6) is 0.00872. The monoisotopic (exact) mass is 485 g/mol. The maximum absolute atomic E-state index is 13.1. The maximum Gasteiger partial charge on any atom is 0.326 e. The van der Waals surface area contributed by atoms with E-state index in [1.54, 1.807) is 6.07 Å². The molecule has 5 nitrogen and oxygen atoms in total. The van der Waals surface area contributed by atoms with Crippen molar-refractivity contribution in [3.63, 3.8) is 0 Å². The zero-order chi connectivity index (χ0) is 25.2. The van der Waals surface area contributed by atoms with E-state index in [1.807, 2.05) is 60.7 Å². The predicted molar refractivity (Wildman–Crippen MR) is 141 cm³/mol. The van der Waals surface area contributed by atoms with Gasteiger partial charge in [0.15, 0.2) is 0 Å². The molecule has 1 saturated carbocycles. The minimum absolute atomic E-state index is 0.205. The molecule has 36 heavy (non-hydrogen) atoms. The Balaban J connectivity index is 1.34. The third-order valence-electron chi connectivity index (χ3n) is 6.96. The van der Waals surface area contributed by atoms with Crippen molar-refractivity contribution < 1.29 is 19.4 Å². The van der Waals surface area contributed by atoms with E-state index in [2.05, 4.69) is 17.4 Å². The largest absolute Gasteiger partial charge is 0.493 e. The van der Waals surface area contributed by atoms with Crippen LogP contribution in [-0.4, -0.2) is 29.6 Å². The molecule has 1 aliphatic rings. The summed E-state index contributed by atoms with van der Waals surface area (Å²) < 4.78 is 5.96. The highest BCUT2D eigenvalue weighted by Crippen LogP contribution is 2.25. The third kappa shape index (κ3) is 7.45. The van der Waals surface area contributed by atoms with Crippen LogP contribution in [0.3, 0.4) is 0 Å². The first-order chi connectivity index (χ1) is 17.6. The number of ether oxygens (including phenoxy) is 1. The number of carboxylic acid groups (broad SMARTS) is 1. The van der Waals surface area contributed by atoms with Gasteiger partial charge in [0.2, 0.25) is 0 Å². The van der Waals surface area contributed by atoms with Crippen molar-refractivity contribution in [2.24, 2.45) is 5.92 Å². The summed E-state index contributed by atoms with van der Waals surface area (Å²) in [5, 5.41) is 12.5. The molecule has 5 heteroatoms. The first-order valence-electron chi connectivity index (χ1n) is 13.0. The van der Waals surface area contributed by atoms with Crippen molar-refractivity contribution in [1.29, 1.82) is 0 Å². The van der Waals surface area contributed by atoms with Gasteiger partial charge in [-0.05, 0) is 66.5 Å². The van der Waals surface area contributed by atoms with Gasteiger partial charge in [-0.15, -0.1) is 0 Å². The number of aliphatic carboxylic acids is 1. The molecule has 3 aromatic rings. The Hall–Kier alpha value is -3.60. The lowest BCUT2D eigenvalue weighted by Gasteiger charge is -2.21. The van der Waals surface area contributed by atoms with Gasteiger partial charge in [0.05, 0.1) is 6.61 Å². The molecule has 0 saturated heterocycles. The van der Waals surface area contributed by atoms with E-state index in [1.165, 1.54) is 37.7 Å². The van der Waals surface area contributed by atoms with Crippen molar-refractivity contribution in [2.45, 2.75) is 57.4 Å². The fourth-order valence-corrected chi connectivity index (χ4v) is 4.84. The Morgan fingerprint density at radius 1 is 0.833 bits per heavy atom. The number of aryl methyl sites for hydroxylation is 2. The molecule has 0 unspecified atom stereocenters. The van der Waals surface area contributed by atoms with E-state index in [9.17, 15) is 14.7 Å². The van der Waals surface area contributed by atoms with Gasteiger partial charge in [0, 0.05) is 12.0 Å². The van der Waals surface area contributed by atoms with Gasteiger partial charge >= 0.3 is 5.97 Å². The van der Waals surface area contributed by atoms with Crippen LogP contribution in [0.2, 0.25) is 0 Å². The van der Waals surface area contributed by atoms with Crippen LogP contribution in [0.25, 0.3) is 0 Å². The average Bonchev–Trinajstić information content (AvgIpc) is 2.92. The van der Waals surface area contributed by atoms with E-state index in [0.717, 1.165) is 29.9 Å². The van der Waals surface area contributed by atoms with Crippen molar-refractivity contribution in [2.75, 3.05) is 6.61 Å². The Morgan fingerprint density at radius 2 is 1.53 bits per heavy atom. The van der Waals surface area contributed by atoms with Gasteiger partial charge in [0.25, 0.3) is 5.91 Å². The molecule has 2 N–H and O–H groups in total. The number of carbonyl (C=O) groups excluding carboxylic acids is 1. The van der Waals surface area contributed by atoms with E-state index in [0.29, 0.717) is 17.9 Å². The lowest BCUT2D eigenvalue weighted by atomic mass is 9.90. The molecule has 1 fully saturated rings. The summed E-state index contributed by atoms with van der Waals surface area (Å²) in [7, 11) is 0. The minimum atomic E-state index is -1.05. The number of carboxylic acids is 1. The lowest BCUT2D eigenvalue weighted by Crippen LogP contribution is -2.42. The van der Waals surface area contributed by atoms with E-state index in [4.69, 9.17) is 4.74 Å². The van der Waals surface area contributed by atoms with Gasteiger partial charge in [-0.2, -0.15) is 0 Å². The predicted octanol–water partition coefficient (Wildman–Crippen LogP) is 5.86. The van der Waals surface area contributed by atoms with Crippen molar-refractivity contribution in [3.8, 4) is 5.75 Å². The number of nitrogens with one attached hydrogen (secondary N) is 1. The van der Waals surface area contributed by atoms with E-state index >= 15 is 0 Å². The summed E-state index contributed by atoms with van der Waals surface area (Å²) in [5.41, 5.74) is 3.46. The fraction of sp³-hybridized carbons (Fsp3) is 0.355. The topological polar surface area (TPSA) is 75.6 Å². The molecule has 4 rings (SSSR count). The number of amides is 1. The number of carbonyl (C=O) groups is 2. The van der Waals surface area contributed by atoms with E-state index in [-0.39, 0.29) is 12.3 Å². The van der Waals surface area contributed by atoms with Crippen LogP contribution >= 0.6 is 0 Å². The third-order valence-corrected chi connectivity index (χ3v) is 6.96. The Bertz CT molecular complexity index is 1120. The Morgan fingerprint density at radius 3 is 2.25 bits per heavy atom. The van der Waals surface area contributed by atoms with Crippen LogP contribution in [0, 0.1) is 5.92 Å². The zero-order valence-corrected chi connectivity index (χ0v) is 20.7. The van der Waals surface area contributed by atoms with Gasteiger partial charge in [-0.3, -0.25) is 4.79 Å². The molecule has 1 atom stereocenters. The average molecular weight is 486 g/mol. The normalized spacial score (nSPS) is 14.7. The smallest absolute Gasteiger partial charge is 0.326 e. The van der Waals surface area contributed by atoms with Crippen LogP contribution in [0.4, 0.5) is 0 Å². The Labute approximate surface area is 213 Å². The summed E-state index contributed by atoms with van der Waals surface area (Å²) in [6, 6.07) is 24.0. The molecule has 3 aromatic carbocycles. The number of benzene rings is 3. The molecular formula is C31H35NO4. The summed E-state index contributed by atoms with van der Waals surface area (Å²) in [4.78, 5) is 25.0. The first kappa shape index (κ1) is 25.5. The fourth-order valence-electron chi connectivity index (χ4n) is 4.84. The minimum Gasteiger partial charge on any atom is -0.493 e. The van der Waals surface area contributed by atoms with Crippen LogP contribution in [0.15, 0.2) is 78.9 Å². The molecule has 188 valence electrons. The van der Waals surface area contributed by atoms with Gasteiger partial charge < -0.3 is 15.2 Å². The summed E-state index contributed by atoms with van der Waals surface area (Å²) in [6.07, 6.45) is 8.07. The quantitative estimate of drug-likeness (QED) is 0.357. The van der Waals surface area contributed by atoms with Crippen molar-refractivity contribution in [1.82, 2.24) is 5.32 Å². The standard InChI is InChI=1S/C31H35NO4/c33-30(28-14-8-7-13-26(28)18-15-23-9-3-1-4-10-23)32-29(31(34)35)21-24-16-19-27(20-17-24)36-22-25-11-5-2-6-12-25/h1,3-4,7-10,13-14,16-17,19-20,25,29H,2,5-6,11-12,15,18,21-22H2,(H,32,33)(H,34,35)/t29-/m0/s1. The molecule has 0 heterocycles. The highest BCUT2D eigenvalue weighted by Gasteiger charge is 2.22. The Kier molecular flexibility index (Phi) is 9.15. The molecular weight excluding hydrogens is 450 g/mol. The number of hydrogen-bond acceptors (Lipinski definition) is 3. The lowest BCUT2D eigenvalue weighted by molar-refractivity contribution is -0.139. The molecule has 0 aliphatic heterocycles. The molecule has 0 radical (unpaired) electrons. The highest BCUT2D eigenvalue weighted by molar-refractivity contribution is 5.97. The molecule has 1 amide bonds. The van der Waals surface area contributed by atoms with Crippen LogP contribution < -0.4 is 10.1 Å². The number of hydrogen-bond donors (Lipinski definition) is 2. The zero-order valence-electron chi connectivity index (χ0n) is 20.7. The number of rotatable bonds is 11. The molecule has 0 bridgehead atoms. The molecule has 0 spiro atoms. The van der Waals surface area contributed by atoms with Gasteiger partial charge in [-0.1, -0.05) is 79.9 Å². The van der Waals surface area contributed by atoms with Crippen LogP contribution in [-0.2, 0) is 24.1 Å². The van der Waals surface area contributed by atoms with Crippen LogP contribution in [0.1, 0.15) is 59.2 Å².